The van der Waals surface area contributed by atoms with E-state index >= 15 is 0 Å². The van der Waals surface area contributed by atoms with Gasteiger partial charge in [-0.1, -0.05) is 0 Å². The number of ketones is 1. The summed E-state index contributed by atoms with van der Waals surface area (Å²) >= 11 is 0. The lowest BCUT2D eigenvalue weighted by atomic mass is 9.95. The number of benzene rings is 1. The average Bonchev–Trinajstić information content (AvgIpc) is 2.75. The van der Waals surface area contributed by atoms with Crippen LogP contribution in [0.2, 0.25) is 0 Å². The molecule has 1 aromatic carbocycles. The van der Waals surface area contributed by atoms with Crippen LogP contribution in [0.3, 0.4) is 0 Å². The van der Waals surface area contributed by atoms with Crippen molar-refractivity contribution >= 4 is 5.78 Å². The lowest BCUT2D eigenvalue weighted by molar-refractivity contribution is 0.0896. The van der Waals surface area contributed by atoms with Crippen LogP contribution in [0.25, 0.3) is 0 Å². The molecule has 1 saturated heterocycles. The van der Waals surface area contributed by atoms with Crippen molar-refractivity contribution in [2.45, 2.75) is 13.3 Å². The van der Waals surface area contributed by atoms with Crippen LogP contribution in [0, 0.1) is 24.5 Å². The molecule has 0 N–H and O–H groups in total. The summed E-state index contributed by atoms with van der Waals surface area (Å²) in [7, 11) is 0. The van der Waals surface area contributed by atoms with E-state index in [4.69, 9.17) is 4.74 Å². The molecule has 86 valence electrons. The molecule has 1 aromatic rings. The Kier molecular flexibility index (Phi) is 3.01. The van der Waals surface area contributed by atoms with Crippen molar-refractivity contribution in [1.82, 2.24) is 0 Å². The van der Waals surface area contributed by atoms with Gasteiger partial charge in [-0.05, 0) is 25.0 Å². The fourth-order valence-corrected chi connectivity index (χ4v) is 1.81. The van der Waals surface area contributed by atoms with E-state index in [1.54, 1.807) is 0 Å². The number of hydrogen-bond acceptors (Lipinski definition) is 2. The van der Waals surface area contributed by atoms with Crippen LogP contribution in [-0.4, -0.2) is 19.0 Å². The van der Waals surface area contributed by atoms with E-state index in [2.05, 4.69) is 0 Å². The van der Waals surface area contributed by atoms with Crippen molar-refractivity contribution in [3.8, 4) is 0 Å². The van der Waals surface area contributed by atoms with E-state index in [-0.39, 0.29) is 22.8 Å². The Labute approximate surface area is 92.2 Å². The Balaban J connectivity index is 2.32. The van der Waals surface area contributed by atoms with Gasteiger partial charge >= 0.3 is 0 Å². The molecule has 0 saturated carbocycles. The zero-order valence-corrected chi connectivity index (χ0v) is 8.93. The molecule has 2 nitrogen and oxygen atoms in total. The minimum atomic E-state index is -0.792. The summed E-state index contributed by atoms with van der Waals surface area (Å²) in [6.07, 6.45) is 0.606. The fourth-order valence-electron chi connectivity index (χ4n) is 1.81. The lowest BCUT2D eigenvalue weighted by Gasteiger charge is -2.08. The monoisotopic (exact) mass is 226 g/mol. The van der Waals surface area contributed by atoms with Crippen LogP contribution in [0.1, 0.15) is 22.3 Å². The second kappa shape index (κ2) is 4.29. The van der Waals surface area contributed by atoms with Crippen molar-refractivity contribution in [3.05, 3.63) is 34.9 Å². The smallest absolute Gasteiger partial charge is 0.171 e. The third kappa shape index (κ3) is 1.97. The van der Waals surface area contributed by atoms with Crippen molar-refractivity contribution in [1.29, 1.82) is 0 Å². The van der Waals surface area contributed by atoms with Crippen LogP contribution in [0.5, 0.6) is 0 Å². The zero-order valence-electron chi connectivity index (χ0n) is 8.93. The molecule has 1 unspecified atom stereocenters. The van der Waals surface area contributed by atoms with Gasteiger partial charge in [-0.2, -0.15) is 0 Å². The van der Waals surface area contributed by atoms with E-state index in [9.17, 15) is 13.6 Å². The number of carbonyl (C=O) groups is 1. The highest BCUT2D eigenvalue weighted by atomic mass is 19.1. The molecule has 0 amide bonds. The second-order valence-electron chi connectivity index (χ2n) is 4.01. The summed E-state index contributed by atoms with van der Waals surface area (Å²) in [5.74, 6) is -2.01. The van der Waals surface area contributed by atoms with Gasteiger partial charge < -0.3 is 4.74 Å². The normalized spacial score (nSPS) is 20.1. The first-order valence-corrected chi connectivity index (χ1v) is 5.17. The van der Waals surface area contributed by atoms with Gasteiger partial charge in [0.25, 0.3) is 0 Å². The summed E-state index contributed by atoms with van der Waals surface area (Å²) in [5, 5.41) is 0. The maximum absolute atomic E-state index is 13.4. The van der Waals surface area contributed by atoms with Gasteiger partial charge in [0.2, 0.25) is 0 Å². The average molecular weight is 226 g/mol. The first-order chi connectivity index (χ1) is 7.59. The number of hydrogen-bond donors (Lipinski definition) is 0. The van der Waals surface area contributed by atoms with Crippen LogP contribution in [0.4, 0.5) is 8.78 Å². The maximum Gasteiger partial charge on any atom is 0.171 e. The topological polar surface area (TPSA) is 26.3 Å². The standard InChI is InChI=1S/C12H12F2O2/c1-7-4-9(11(14)5-10(7)13)12(15)8-2-3-16-6-8/h4-5,8H,2-3,6H2,1H3. The predicted molar refractivity (Wildman–Crippen MR) is 54.4 cm³/mol. The molecule has 1 fully saturated rings. The lowest BCUT2D eigenvalue weighted by Crippen LogP contribution is -2.16. The van der Waals surface area contributed by atoms with Crippen molar-refractivity contribution < 1.29 is 18.3 Å². The Morgan fingerprint density at radius 3 is 2.75 bits per heavy atom. The van der Waals surface area contributed by atoms with Gasteiger partial charge in [0.1, 0.15) is 11.6 Å². The molecule has 1 heterocycles. The third-order valence-electron chi connectivity index (χ3n) is 2.81. The largest absolute Gasteiger partial charge is 0.381 e. The second-order valence-corrected chi connectivity index (χ2v) is 4.01. The number of ether oxygens (including phenoxy) is 1. The van der Waals surface area contributed by atoms with E-state index in [1.807, 2.05) is 0 Å². The molecule has 0 radical (unpaired) electrons. The highest BCUT2D eigenvalue weighted by Gasteiger charge is 2.27. The van der Waals surface area contributed by atoms with Crippen LogP contribution < -0.4 is 0 Å². The maximum atomic E-state index is 13.4. The molecule has 0 aliphatic carbocycles. The molecule has 1 aliphatic rings. The van der Waals surface area contributed by atoms with Gasteiger partial charge in [0, 0.05) is 18.6 Å². The van der Waals surface area contributed by atoms with Gasteiger partial charge in [0.15, 0.2) is 5.78 Å². The Morgan fingerprint density at radius 2 is 2.12 bits per heavy atom. The number of carbonyl (C=O) groups excluding carboxylic acids is 1. The quantitative estimate of drug-likeness (QED) is 0.724. The minimum absolute atomic E-state index is 0.0330. The highest BCUT2D eigenvalue weighted by molar-refractivity contribution is 5.98. The predicted octanol–water partition coefficient (Wildman–Crippen LogP) is 2.49. The molecule has 0 bridgehead atoms. The molecular weight excluding hydrogens is 214 g/mol. The van der Waals surface area contributed by atoms with E-state index in [0.29, 0.717) is 19.6 Å². The van der Waals surface area contributed by atoms with Crippen LogP contribution in [-0.2, 0) is 4.74 Å². The van der Waals surface area contributed by atoms with Crippen LogP contribution in [0.15, 0.2) is 12.1 Å². The molecular formula is C12H12F2O2. The zero-order chi connectivity index (χ0) is 11.7. The van der Waals surface area contributed by atoms with Gasteiger partial charge in [-0.25, -0.2) is 8.78 Å². The Morgan fingerprint density at radius 1 is 1.38 bits per heavy atom. The minimum Gasteiger partial charge on any atom is -0.381 e. The SMILES string of the molecule is Cc1cc(C(=O)C2CCOC2)c(F)cc1F. The number of halogens is 2. The number of aryl methyl sites for hydroxylation is 1. The number of rotatable bonds is 2. The Bertz CT molecular complexity index is 423. The van der Waals surface area contributed by atoms with Crippen LogP contribution >= 0.6 is 0 Å². The molecule has 1 atom stereocenters. The van der Waals surface area contributed by atoms with Crippen molar-refractivity contribution in [2.24, 2.45) is 5.92 Å². The van der Waals surface area contributed by atoms with Gasteiger partial charge in [-0.3, -0.25) is 4.79 Å². The van der Waals surface area contributed by atoms with E-state index in [0.717, 1.165) is 6.07 Å². The number of Topliss-reactive ketones (excluding diaryl/α,β-unsaturated/α-hetero) is 1. The molecule has 0 aromatic heterocycles. The van der Waals surface area contributed by atoms with Crippen molar-refractivity contribution in [2.75, 3.05) is 13.2 Å². The third-order valence-corrected chi connectivity index (χ3v) is 2.81. The first kappa shape index (κ1) is 11.2. The van der Waals surface area contributed by atoms with Gasteiger partial charge in [-0.15, -0.1) is 0 Å². The summed E-state index contributed by atoms with van der Waals surface area (Å²) in [6, 6.07) is 2.03. The van der Waals surface area contributed by atoms with Gasteiger partial charge in [0.05, 0.1) is 12.2 Å². The molecule has 0 spiro atoms. The molecule has 2 rings (SSSR count). The summed E-state index contributed by atoms with van der Waals surface area (Å²) in [6.45, 7) is 2.36. The molecule has 16 heavy (non-hydrogen) atoms. The Hall–Kier alpha value is -1.29. The highest BCUT2D eigenvalue weighted by Crippen LogP contribution is 2.22. The first-order valence-electron chi connectivity index (χ1n) is 5.17. The van der Waals surface area contributed by atoms with E-state index in [1.165, 1.54) is 13.0 Å². The summed E-state index contributed by atoms with van der Waals surface area (Å²) in [5.41, 5.74) is 0.248. The molecule has 1 aliphatic heterocycles. The summed E-state index contributed by atoms with van der Waals surface area (Å²) < 4.78 is 31.5. The molecule has 4 heteroatoms. The fraction of sp³-hybridized carbons (Fsp3) is 0.417. The summed E-state index contributed by atoms with van der Waals surface area (Å²) in [4.78, 5) is 11.9. The van der Waals surface area contributed by atoms with E-state index < -0.39 is 11.6 Å². The van der Waals surface area contributed by atoms with Crippen molar-refractivity contribution in [3.63, 3.8) is 0 Å².